The number of hydrogen-bond acceptors (Lipinski definition) is 5. The molecular weight excluding hydrogens is 271 g/mol. The van der Waals surface area contributed by atoms with Crippen LogP contribution in [-0.4, -0.2) is 23.2 Å². The molecule has 2 aromatic rings. The molecule has 0 saturated carbocycles. The summed E-state index contributed by atoms with van der Waals surface area (Å²) in [4.78, 5) is 3.81. The molecule has 0 fully saturated rings. The van der Waals surface area contributed by atoms with Crippen LogP contribution in [0.1, 0.15) is 12.7 Å². The van der Waals surface area contributed by atoms with Gasteiger partial charge in [-0.3, -0.25) is 0 Å². The summed E-state index contributed by atoms with van der Waals surface area (Å²) in [6, 6.07) is 3.21. The van der Waals surface area contributed by atoms with Crippen molar-refractivity contribution in [1.82, 2.24) is 14.8 Å². The first-order chi connectivity index (χ1) is 8.94. The molecule has 0 unspecified atom stereocenters. The van der Waals surface area contributed by atoms with Gasteiger partial charge in [-0.1, -0.05) is 0 Å². The number of aryl methyl sites for hydroxylation is 1. The highest BCUT2D eigenvalue weighted by atomic mass is 32.2. The Bertz CT molecular complexity index is 696. The SMILES string of the molecule is CCn1ncnc1CS(=O)(=O)c1ccc(F)cc1N. The molecule has 1 heterocycles. The fraction of sp³-hybridized carbons (Fsp3) is 0.273. The fourth-order valence-electron chi connectivity index (χ4n) is 1.71. The van der Waals surface area contributed by atoms with Crippen molar-refractivity contribution in [3.8, 4) is 0 Å². The fourth-order valence-corrected chi connectivity index (χ4v) is 3.13. The van der Waals surface area contributed by atoms with E-state index in [1.165, 1.54) is 11.0 Å². The summed E-state index contributed by atoms with van der Waals surface area (Å²) in [6.07, 6.45) is 1.29. The lowest BCUT2D eigenvalue weighted by atomic mass is 10.3. The number of hydrogen-bond donors (Lipinski definition) is 1. The lowest BCUT2D eigenvalue weighted by Crippen LogP contribution is -2.13. The second-order valence-electron chi connectivity index (χ2n) is 3.93. The molecule has 2 rings (SSSR count). The van der Waals surface area contributed by atoms with Crippen LogP contribution in [-0.2, 0) is 22.1 Å². The summed E-state index contributed by atoms with van der Waals surface area (Å²) in [5.41, 5.74) is 5.44. The Labute approximate surface area is 110 Å². The van der Waals surface area contributed by atoms with Crippen molar-refractivity contribution in [1.29, 1.82) is 0 Å². The van der Waals surface area contributed by atoms with Crippen LogP contribution in [0.2, 0.25) is 0 Å². The van der Waals surface area contributed by atoms with Crippen molar-refractivity contribution in [2.45, 2.75) is 24.1 Å². The van der Waals surface area contributed by atoms with E-state index in [0.717, 1.165) is 18.2 Å². The smallest absolute Gasteiger partial charge is 0.187 e. The Kier molecular flexibility index (Phi) is 3.52. The summed E-state index contributed by atoms with van der Waals surface area (Å²) in [5, 5.41) is 3.90. The van der Waals surface area contributed by atoms with Crippen LogP contribution >= 0.6 is 0 Å². The Morgan fingerprint density at radius 2 is 2.16 bits per heavy atom. The van der Waals surface area contributed by atoms with Gasteiger partial charge >= 0.3 is 0 Å². The lowest BCUT2D eigenvalue weighted by molar-refractivity contribution is 0.584. The van der Waals surface area contributed by atoms with Crippen molar-refractivity contribution in [2.24, 2.45) is 0 Å². The van der Waals surface area contributed by atoms with Crippen molar-refractivity contribution in [3.05, 3.63) is 36.2 Å². The van der Waals surface area contributed by atoms with E-state index in [-0.39, 0.29) is 16.3 Å². The molecule has 0 saturated heterocycles. The maximum Gasteiger partial charge on any atom is 0.187 e. The van der Waals surface area contributed by atoms with Crippen molar-refractivity contribution in [3.63, 3.8) is 0 Å². The Morgan fingerprint density at radius 3 is 2.79 bits per heavy atom. The highest BCUT2D eigenvalue weighted by Crippen LogP contribution is 2.22. The molecule has 1 aromatic heterocycles. The summed E-state index contributed by atoms with van der Waals surface area (Å²) >= 11 is 0. The average Bonchev–Trinajstić information content (AvgIpc) is 2.74. The molecule has 0 aliphatic carbocycles. The molecule has 19 heavy (non-hydrogen) atoms. The maximum atomic E-state index is 12.9. The molecule has 102 valence electrons. The summed E-state index contributed by atoms with van der Waals surface area (Å²) < 4.78 is 38.8. The third kappa shape index (κ3) is 2.73. The van der Waals surface area contributed by atoms with Crippen LogP contribution < -0.4 is 5.73 Å². The molecule has 0 aliphatic rings. The number of nitrogens with two attached hydrogens (primary N) is 1. The first-order valence-electron chi connectivity index (χ1n) is 5.58. The van der Waals surface area contributed by atoms with E-state index in [1.54, 1.807) is 0 Å². The molecule has 0 radical (unpaired) electrons. The lowest BCUT2D eigenvalue weighted by Gasteiger charge is -2.07. The van der Waals surface area contributed by atoms with Gasteiger partial charge in [-0.25, -0.2) is 22.5 Å². The second kappa shape index (κ2) is 4.96. The van der Waals surface area contributed by atoms with Crippen LogP contribution in [0, 0.1) is 5.82 Å². The van der Waals surface area contributed by atoms with E-state index in [4.69, 9.17) is 5.73 Å². The van der Waals surface area contributed by atoms with Crippen molar-refractivity contribution in [2.75, 3.05) is 5.73 Å². The van der Waals surface area contributed by atoms with Gasteiger partial charge in [0.1, 0.15) is 23.7 Å². The second-order valence-corrected chi connectivity index (χ2v) is 5.89. The normalized spacial score (nSPS) is 11.7. The van der Waals surface area contributed by atoms with Gasteiger partial charge in [0, 0.05) is 6.54 Å². The first kappa shape index (κ1) is 13.5. The third-order valence-corrected chi connectivity index (χ3v) is 4.30. The van der Waals surface area contributed by atoms with Crippen LogP contribution in [0.15, 0.2) is 29.4 Å². The first-order valence-corrected chi connectivity index (χ1v) is 7.23. The molecule has 0 bridgehead atoms. The number of nitrogens with zero attached hydrogens (tertiary/aromatic N) is 3. The number of benzene rings is 1. The van der Waals surface area contributed by atoms with E-state index < -0.39 is 15.7 Å². The highest BCUT2D eigenvalue weighted by Gasteiger charge is 2.21. The van der Waals surface area contributed by atoms with E-state index >= 15 is 0 Å². The minimum absolute atomic E-state index is 0.0976. The zero-order valence-corrected chi connectivity index (χ0v) is 11.1. The zero-order chi connectivity index (χ0) is 14.0. The predicted molar refractivity (Wildman–Crippen MR) is 67.4 cm³/mol. The molecule has 0 spiro atoms. The Balaban J connectivity index is 2.38. The van der Waals surface area contributed by atoms with Crippen LogP contribution in [0.3, 0.4) is 0 Å². The number of rotatable bonds is 4. The topological polar surface area (TPSA) is 90.9 Å². The Morgan fingerprint density at radius 1 is 1.42 bits per heavy atom. The minimum Gasteiger partial charge on any atom is -0.398 e. The van der Waals surface area contributed by atoms with Crippen LogP contribution in [0.25, 0.3) is 0 Å². The van der Waals surface area contributed by atoms with Gasteiger partial charge in [0.25, 0.3) is 0 Å². The zero-order valence-electron chi connectivity index (χ0n) is 10.2. The standard InChI is InChI=1S/C11H13FN4O2S/c1-2-16-11(14-7-15-16)6-19(17,18)10-4-3-8(12)5-9(10)13/h3-5,7H,2,6,13H2,1H3. The molecule has 8 heteroatoms. The predicted octanol–water partition coefficient (Wildman–Crippen LogP) is 0.993. The van der Waals surface area contributed by atoms with Gasteiger partial charge in [-0.15, -0.1) is 0 Å². The van der Waals surface area contributed by atoms with Gasteiger partial charge in [-0.2, -0.15) is 5.10 Å². The van der Waals surface area contributed by atoms with Gasteiger partial charge < -0.3 is 5.73 Å². The van der Waals surface area contributed by atoms with Gasteiger partial charge in [0.15, 0.2) is 9.84 Å². The summed E-state index contributed by atoms with van der Waals surface area (Å²) in [5.74, 6) is -0.573. The summed E-state index contributed by atoms with van der Waals surface area (Å²) in [6.45, 7) is 2.35. The number of anilines is 1. The number of sulfone groups is 1. The monoisotopic (exact) mass is 284 g/mol. The maximum absolute atomic E-state index is 12.9. The molecule has 1 aromatic carbocycles. The molecule has 0 atom stereocenters. The molecule has 2 N–H and O–H groups in total. The van der Waals surface area contributed by atoms with Gasteiger partial charge in [-0.05, 0) is 25.1 Å². The van der Waals surface area contributed by atoms with E-state index in [9.17, 15) is 12.8 Å². The number of nitrogen functional groups attached to an aromatic ring is 1. The minimum atomic E-state index is -3.68. The quantitative estimate of drug-likeness (QED) is 0.668. The highest BCUT2D eigenvalue weighted by molar-refractivity contribution is 7.90. The number of aromatic nitrogens is 3. The largest absolute Gasteiger partial charge is 0.398 e. The van der Waals surface area contributed by atoms with Crippen LogP contribution in [0.4, 0.5) is 10.1 Å². The van der Waals surface area contributed by atoms with Crippen molar-refractivity contribution < 1.29 is 12.8 Å². The van der Waals surface area contributed by atoms with Gasteiger partial charge in [0.2, 0.25) is 0 Å². The average molecular weight is 284 g/mol. The van der Waals surface area contributed by atoms with E-state index in [0.29, 0.717) is 12.4 Å². The molecular formula is C11H13FN4O2S. The molecule has 6 nitrogen and oxygen atoms in total. The van der Waals surface area contributed by atoms with Crippen molar-refractivity contribution >= 4 is 15.5 Å². The molecule has 0 aliphatic heterocycles. The molecule has 0 amide bonds. The van der Waals surface area contributed by atoms with Crippen LogP contribution in [0.5, 0.6) is 0 Å². The van der Waals surface area contributed by atoms with Gasteiger partial charge in [0.05, 0.1) is 10.6 Å². The number of halogens is 1. The van der Waals surface area contributed by atoms with E-state index in [1.807, 2.05) is 6.92 Å². The third-order valence-electron chi connectivity index (χ3n) is 2.62. The van der Waals surface area contributed by atoms with E-state index in [2.05, 4.69) is 10.1 Å². The Hall–Kier alpha value is -1.96. The summed E-state index contributed by atoms with van der Waals surface area (Å²) in [7, 11) is -3.68.